The Kier molecular flexibility index (Phi) is 3.61. The maximum Gasteiger partial charge on any atom is 0.275 e. The molecule has 0 spiro atoms. The number of pyridine rings is 1. The number of hydrogen-bond donors (Lipinski definition) is 2. The molecule has 17 heavy (non-hydrogen) atoms. The van der Waals surface area contributed by atoms with Gasteiger partial charge in [-0.15, -0.1) is 5.10 Å². The fourth-order valence-electron chi connectivity index (χ4n) is 1.24. The molecule has 0 aliphatic carbocycles. The summed E-state index contributed by atoms with van der Waals surface area (Å²) >= 11 is 1.12. The Hall–Kier alpha value is -2.02. The Morgan fingerprint density at radius 2 is 2.35 bits per heavy atom. The second-order valence-electron chi connectivity index (χ2n) is 3.17. The van der Waals surface area contributed by atoms with Crippen molar-refractivity contribution >= 4 is 28.3 Å². The van der Waals surface area contributed by atoms with Gasteiger partial charge in [0, 0.05) is 18.1 Å². The van der Waals surface area contributed by atoms with Crippen molar-refractivity contribution < 1.29 is 4.79 Å². The lowest BCUT2D eigenvalue weighted by atomic mass is 10.3. The van der Waals surface area contributed by atoms with Crippen LogP contribution in [-0.4, -0.2) is 27.0 Å². The minimum Gasteiger partial charge on any atom is -0.370 e. The highest BCUT2D eigenvalue weighted by Crippen LogP contribution is 2.11. The molecule has 6 nitrogen and oxygen atoms in total. The first kappa shape index (κ1) is 11.5. The van der Waals surface area contributed by atoms with Gasteiger partial charge < -0.3 is 10.6 Å². The van der Waals surface area contributed by atoms with Gasteiger partial charge in [0.15, 0.2) is 0 Å². The molecule has 2 N–H and O–H groups in total. The highest BCUT2D eigenvalue weighted by Gasteiger charge is 2.09. The summed E-state index contributed by atoms with van der Waals surface area (Å²) in [6.45, 7) is 2.73. The molecular weight excluding hydrogens is 238 g/mol. The standard InChI is InChI=1S/C10H11N5OS/c1-2-11-8-5-3-4-7(13-8)10(16)14-9-6-12-15-17-9/h3-6H,2H2,1H3,(H,11,13)(H,14,16). The van der Waals surface area contributed by atoms with Gasteiger partial charge in [-0.25, -0.2) is 4.98 Å². The summed E-state index contributed by atoms with van der Waals surface area (Å²) in [6.07, 6.45) is 1.50. The Labute approximate surface area is 102 Å². The number of nitrogens with one attached hydrogen (secondary N) is 2. The molecule has 2 rings (SSSR count). The van der Waals surface area contributed by atoms with Crippen LogP contribution in [0.2, 0.25) is 0 Å². The molecule has 0 aromatic carbocycles. The third kappa shape index (κ3) is 2.97. The minimum atomic E-state index is -0.268. The summed E-state index contributed by atoms with van der Waals surface area (Å²) in [5, 5.41) is 9.96. The molecule has 1 amide bonds. The summed E-state index contributed by atoms with van der Waals surface area (Å²) in [5.41, 5.74) is 0.358. The van der Waals surface area contributed by atoms with E-state index in [9.17, 15) is 4.79 Å². The topological polar surface area (TPSA) is 79.8 Å². The van der Waals surface area contributed by atoms with E-state index in [4.69, 9.17) is 0 Å². The molecule has 0 radical (unpaired) electrons. The van der Waals surface area contributed by atoms with Crippen LogP contribution >= 0.6 is 11.5 Å². The van der Waals surface area contributed by atoms with E-state index in [1.807, 2.05) is 13.0 Å². The fourth-order valence-corrected chi connectivity index (χ4v) is 1.65. The van der Waals surface area contributed by atoms with Gasteiger partial charge in [0.05, 0.1) is 6.20 Å². The van der Waals surface area contributed by atoms with Crippen molar-refractivity contribution in [3.63, 3.8) is 0 Å². The van der Waals surface area contributed by atoms with Crippen LogP contribution in [-0.2, 0) is 0 Å². The van der Waals surface area contributed by atoms with E-state index in [-0.39, 0.29) is 5.91 Å². The maximum absolute atomic E-state index is 11.8. The number of carbonyl (C=O) groups excluding carboxylic acids is 1. The summed E-state index contributed by atoms with van der Waals surface area (Å²) in [7, 11) is 0. The van der Waals surface area contributed by atoms with Gasteiger partial charge in [0.2, 0.25) is 0 Å². The Balaban J connectivity index is 2.11. The monoisotopic (exact) mass is 249 g/mol. The molecule has 0 fully saturated rings. The minimum absolute atomic E-state index is 0.268. The lowest BCUT2D eigenvalue weighted by molar-refractivity contribution is 0.102. The number of nitrogens with zero attached hydrogens (tertiary/aromatic N) is 3. The third-order valence-corrected chi connectivity index (χ3v) is 2.52. The summed E-state index contributed by atoms with van der Waals surface area (Å²) in [4.78, 5) is 16.0. The van der Waals surface area contributed by atoms with Crippen LogP contribution in [0.4, 0.5) is 10.8 Å². The van der Waals surface area contributed by atoms with E-state index in [1.165, 1.54) is 6.20 Å². The normalized spacial score (nSPS) is 9.94. The Morgan fingerprint density at radius 3 is 3.06 bits per heavy atom. The zero-order valence-corrected chi connectivity index (χ0v) is 9.99. The van der Waals surface area contributed by atoms with Crippen LogP contribution in [0.15, 0.2) is 24.4 Å². The van der Waals surface area contributed by atoms with Crippen LogP contribution in [0.5, 0.6) is 0 Å². The lowest BCUT2D eigenvalue weighted by Gasteiger charge is -2.04. The van der Waals surface area contributed by atoms with E-state index < -0.39 is 0 Å². The molecule has 7 heteroatoms. The maximum atomic E-state index is 11.8. The highest BCUT2D eigenvalue weighted by atomic mass is 32.1. The molecule has 0 unspecified atom stereocenters. The van der Waals surface area contributed by atoms with Crippen LogP contribution in [0.3, 0.4) is 0 Å². The van der Waals surface area contributed by atoms with Gasteiger partial charge in [-0.2, -0.15) is 0 Å². The third-order valence-electron chi connectivity index (χ3n) is 1.94. The first-order chi connectivity index (χ1) is 8.29. The van der Waals surface area contributed by atoms with Crippen LogP contribution in [0.1, 0.15) is 17.4 Å². The van der Waals surface area contributed by atoms with Crippen molar-refractivity contribution in [3.8, 4) is 0 Å². The van der Waals surface area contributed by atoms with Crippen molar-refractivity contribution in [1.29, 1.82) is 0 Å². The number of anilines is 2. The predicted octanol–water partition coefficient (Wildman–Crippen LogP) is 1.62. The molecule has 0 saturated heterocycles. The molecular formula is C10H11N5OS. The van der Waals surface area contributed by atoms with Crippen molar-refractivity contribution in [2.45, 2.75) is 6.92 Å². The zero-order chi connectivity index (χ0) is 12.1. The average Bonchev–Trinajstić information content (AvgIpc) is 2.83. The van der Waals surface area contributed by atoms with Crippen molar-refractivity contribution in [3.05, 3.63) is 30.1 Å². The molecule has 2 aromatic heterocycles. The largest absolute Gasteiger partial charge is 0.370 e. The van der Waals surface area contributed by atoms with Crippen molar-refractivity contribution in [2.24, 2.45) is 0 Å². The van der Waals surface area contributed by atoms with Gasteiger partial charge in [0.25, 0.3) is 5.91 Å². The quantitative estimate of drug-likeness (QED) is 0.860. The number of hydrogen-bond acceptors (Lipinski definition) is 6. The molecule has 2 aromatic rings. The van der Waals surface area contributed by atoms with Gasteiger partial charge in [-0.3, -0.25) is 4.79 Å². The van der Waals surface area contributed by atoms with Crippen LogP contribution in [0.25, 0.3) is 0 Å². The summed E-state index contributed by atoms with van der Waals surface area (Å²) < 4.78 is 3.66. The Bertz CT molecular complexity index is 499. The molecule has 0 aliphatic rings. The van der Waals surface area contributed by atoms with Crippen molar-refractivity contribution in [1.82, 2.24) is 14.6 Å². The molecule has 0 atom stereocenters. The van der Waals surface area contributed by atoms with E-state index in [1.54, 1.807) is 12.1 Å². The molecule has 0 saturated carbocycles. The fraction of sp³-hybridized carbons (Fsp3) is 0.200. The number of rotatable bonds is 4. The first-order valence-corrected chi connectivity index (χ1v) is 5.86. The SMILES string of the molecule is CCNc1cccc(C(=O)Nc2cnns2)n1. The first-order valence-electron chi connectivity index (χ1n) is 5.09. The molecule has 0 aliphatic heterocycles. The lowest BCUT2D eigenvalue weighted by Crippen LogP contribution is -2.13. The van der Waals surface area contributed by atoms with E-state index >= 15 is 0 Å². The number of carbonyl (C=O) groups is 1. The number of aromatic nitrogens is 3. The van der Waals surface area contributed by atoms with Gasteiger partial charge >= 0.3 is 0 Å². The Morgan fingerprint density at radius 1 is 1.47 bits per heavy atom. The zero-order valence-electron chi connectivity index (χ0n) is 9.17. The highest BCUT2D eigenvalue weighted by molar-refractivity contribution is 7.10. The van der Waals surface area contributed by atoms with Crippen molar-refractivity contribution in [2.75, 3.05) is 17.2 Å². The summed E-state index contributed by atoms with van der Waals surface area (Å²) in [6, 6.07) is 5.25. The molecule has 88 valence electrons. The van der Waals surface area contributed by atoms with E-state index in [0.29, 0.717) is 16.5 Å². The molecule has 2 heterocycles. The van der Waals surface area contributed by atoms with Crippen LogP contribution in [0, 0.1) is 0 Å². The average molecular weight is 249 g/mol. The second kappa shape index (κ2) is 5.35. The second-order valence-corrected chi connectivity index (χ2v) is 3.96. The van der Waals surface area contributed by atoms with Gasteiger partial charge in [-0.1, -0.05) is 10.6 Å². The molecule has 0 bridgehead atoms. The number of amides is 1. The summed E-state index contributed by atoms with van der Waals surface area (Å²) in [5.74, 6) is 0.415. The van der Waals surface area contributed by atoms with E-state index in [0.717, 1.165) is 18.1 Å². The van der Waals surface area contributed by atoms with Crippen LogP contribution < -0.4 is 10.6 Å². The van der Waals surface area contributed by atoms with Gasteiger partial charge in [0.1, 0.15) is 16.5 Å². The smallest absolute Gasteiger partial charge is 0.275 e. The van der Waals surface area contributed by atoms with Gasteiger partial charge in [-0.05, 0) is 19.1 Å². The van der Waals surface area contributed by atoms with E-state index in [2.05, 4.69) is 25.2 Å². The predicted molar refractivity (Wildman–Crippen MR) is 66.3 cm³/mol.